The maximum atomic E-state index is 13.1. The molecule has 0 spiro atoms. The van der Waals surface area contributed by atoms with E-state index in [4.69, 9.17) is 21.1 Å². The lowest BCUT2D eigenvalue weighted by Crippen LogP contribution is -2.29. The van der Waals surface area contributed by atoms with E-state index in [0.29, 0.717) is 45.8 Å². The van der Waals surface area contributed by atoms with E-state index in [-0.39, 0.29) is 23.3 Å². The number of pyridine rings is 1. The molecule has 0 aliphatic carbocycles. The number of carbonyl (C=O) groups is 1. The van der Waals surface area contributed by atoms with E-state index in [9.17, 15) is 9.59 Å². The molecule has 3 heterocycles. The summed E-state index contributed by atoms with van der Waals surface area (Å²) in [6.07, 6.45) is 3.40. The number of nitrogens with one attached hydrogen (secondary N) is 1. The number of nitrogens with zero attached hydrogens (tertiary/aromatic N) is 3. The van der Waals surface area contributed by atoms with Crippen molar-refractivity contribution in [2.45, 2.75) is 30.6 Å². The highest BCUT2D eigenvalue weighted by atomic mass is 35.5. The first-order chi connectivity index (χ1) is 15.0. The van der Waals surface area contributed by atoms with Crippen molar-refractivity contribution in [2.75, 3.05) is 24.8 Å². The number of thioether (sulfide) groups is 1. The van der Waals surface area contributed by atoms with Crippen LogP contribution in [-0.4, -0.2) is 46.0 Å². The number of hydrogen-bond donors (Lipinski definition) is 1. The number of anilines is 1. The van der Waals surface area contributed by atoms with Gasteiger partial charge in [-0.3, -0.25) is 14.2 Å². The Hall–Kier alpha value is -2.62. The molecule has 0 bridgehead atoms. The largest absolute Gasteiger partial charge is 0.495 e. The Morgan fingerprint density at radius 3 is 3.06 bits per heavy atom. The number of aromatic nitrogens is 3. The first-order valence-corrected chi connectivity index (χ1v) is 11.1. The Bertz CT molecular complexity index is 1160. The minimum Gasteiger partial charge on any atom is -0.495 e. The average Bonchev–Trinajstić information content (AvgIpc) is 3.28. The molecule has 1 aromatic carbocycles. The van der Waals surface area contributed by atoms with E-state index in [1.54, 1.807) is 41.1 Å². The van der Waals surface area contributed by atoms with E-state index in [1.807, 2.05) is 0 Å². The molecule has 1 saturated heterocycles. The van der Waals surface area contributed by atoms with E-state index in [0.717, 1.165) is 12.8 Å². The maximum Gasteiger partial charge on any atom is 0.263 e. The smallest absolute Gasteiger partial charge is 0.263 e. The van der Waals surface area contributed by atoms with Gasteiger partial charge in [0.25, 0.3) is 5.56 Å². The van der Waals surface area contributed by atoms with Crippen LogP contribution in [0.1, 0.15) is 12.8 Å². The molecule has 1 N–H and O–H groups in total. The number of rotatable bonds is 7. The van der Waals surface area contributed by atoms with Gasteiger partial charge < -0.3 is 14.8 Å². The van der Waals surface area contributed by atoms with Gasteiger partial charge in [0.1, 0.15) is 5.75 Å². The Labute approximate surface area is 187 Å². The third-order valence-corrected chi connectivity index (χ3v) is 6.08. The van der Waals surface area contributed by atoms with Crippen LogP contribution in [0.25, 0.3) is 11.0 Å². The standard InChI is InChI=1S/C21H21ClN4O4S/c1-29-17-7-6-13(22)10-16(17)24-18(27)12-31-21-25-19-15(5-2-8-23-19)20(28)26(21)11-14-4-3-9-30-14/h2,5-8,10,14H,3-4,9,11-12H2,1H3,(H,24,27)/t14-/m0/s1. The highest BCUT2D eigenvalue weighted by molar-refractivity contribution is 7.99. The molecule has 1 fully saturated rings. The van der Waals surface area contributed by atoms with Gasteiger partial charge in [-0.15, -0.1) is 0 Å². The summed E-state index contributed by atoms with van der Waals surface area (Å²) in [4.78, 5) is 34.4. The quantitative estimate of drug-likeness (QED) is 0.426. The van der Waals surface area contributed by atoms with E-state index in [2.05, 4.69) is 15.3 Å². The summed E-state index contributed by atoms with van der Waals surface area (Å²) in [6.45, 7) is 1.08. The predicted octanol–water partition coefficient (Wildman–Crippen LogP) is 3.36. The molecule has 10 heteroatoms. The minimum absolute atomic E-state index is 0.0440. The molecular formula is C21H21ClN4O4S. The van der Waals surface area contributed by atoms with Gasteiger partial charge in [-0.2, -0.15) is 0 Å². The van der Waals surface area contributed by atoms with Crippen LogP contribution in [0.5, 0.6) is 5.75 Å². The zero-order valence-electron chi connectivity index (χ0n) is 16.8. The van der Waals surface area contributed by atoms with Crippen LogP contribution in [-0.2, 0) is 16.1 Å². The van der Waals surface area contributed by atoms with Gasteiger partial charge in [0.05, 0.1) is 36.6 Å². The van der Waals surface area contributed by atoms with Crippen LogP contribution in [0.4, 0.5) is 5.69 Å². The Morgan fingerprint density at radius 2 is 2.29 bits per heavy atom. The normalized spacial score (nSPS) is 15.9. The Balaban J connectivity index is 1.56. The molecule has 0 radical (unpaired) electrons. The van der Waals surface area contributed by atoms with Crippen LogP contribution >= 0.6 is 23.4 Å². The number of hydrogen-bond acceptors (Lipinski definition) is 7. The van der Waals surface area contributed by atoms with Gasteiger partial charge in [-0.1, -0.05) is 23.4 Å². The van der Waals surface area contributed by atoms with Crippen LogP contribution in [0, 0.1) is 0 Å². The Morgan fingerprint density at radius 1 is 1.42 bits per heavy atom. The van der Waals surface area contributed by atoms with E-state index < -0.39 is 0 Å². The topological polar surface area (TPSA) is 95.3 Å². The van der Waals surface area contributed by atoms with Crippen molar-refractivity contribution < 1.29 is 14.3 Å². The average molecular weight is 461 g/mol. The molecular weight excluding hydrogens is 440 g/mol. The van der Waals surface area contributed by atoms with Crippen LogP contribution in [0.2, 0.25) is 5.02 Å². The zero-order valence-corrected chi connectivity index (χ0v) is 18.4. The molecule has 8 nitrogen and oxygen atoms in total. The molecule has 3 aromatic rings. The summed E-state index contributed by atoms with van der Waals surface area (Å²) in [5, 5.41) is 4.15. The van der Waals surface area contributed by atoms with Crippen molar-refractivity contribution in [2.24, 2.45) is 0 Å². The lowest BCUT2D eigenvalue weighted by atomic mass is 10.2. The number of amides is 1. The number of carbonyl (C=O) groups excluding carboxylic acids is 1. The number of benzene rings is 1. The SMILES string of the molecule is COc1ccc(Cl)cc1NC(=O)CSc1nc2ncccc2c(=O)n1C[C@@H]1CCCO1. The van der Waals surface area contributed by atoms with Crippen LogP contribution < -0.4 is 15.6 Å². The van der Waals surface area contributed by atoms with Crippen molar-refractivity contribution >= 4 is 46.0 Å². The van der Waals surface area contributed by atoms with Crippen molar-refractivity contribution in [3.8, 4) is 5.75 Å². The molecule has 0 saturated carbocycles. The summed E-state index contributed by atoms with van der Waals surface area (Å²) < 4.78 is 12.5. The molecule has 4 rings (SSSR count). The summed E-state index contributed by atoms with van der Waals surface area (Å²) in [6, 6.07) is 8.40. The van der Waals surface area contributed by atoms with Crippen molar-refractivity contribution in [3.05, 3.63) is 51.9 Å². The molecule has 31 heavy (non-hydrogen) atoms. The van der Waals surface area contributed by atoms with Crippen LogP contribution in [0.3, 0.4) is 0 Å². The van der Waals surface area contributed by atoms with Gasteiger partial charge in [0.15, 0.2) is 10.8 Å². The van der Waals surface area contributed by atoms with E-state index >= 15 is 0 Å². The first kappa shape index (κ1) is 21.6. The Kier molecular flexibility index (Phi) is 6.74. The molecule has 1 aliphatic heterocycles. The fourth-order valence-electron chi connectivity index (χ4n) is 3.39. The van der Waals surface area contributed by atoms with E-state index in [1.165, 1.54) is 18.9 Å². The first-order valence-electron chi connectivity index (χ1n) is 9.78. The second-order valence-electron chi connectivity index (χ2n) is 7.00. The number of halogens is 1. The van der Waals surface area contributed by atoms with Crippen LogP contribution in [0.15, 0.2) is 46.5 Å². The monoisotopic (exact) mass is 460 g/mol. The second-order valence-corrected chi connectivity index (χ2v) is 8.38. The number of ether oxygens (including phenoxy) is 2. The molecule has 2 aromatic heterocycles. The predicted molar refractivity (Wildman–Crippen MR) is 120 cm³/mol. The number of methoxy groups -OCH3 is 1. The second kappa shape index (κ2) is 9.67. The molecule has 1 amide bonds. The van der Waals surface area contributed by atoms with Crippen molar-refractivity contribution in [1.29, 1.82) is 0 Å². The van der Waals surface area contributed by atoms with Gasteiger partial charge in [-0.05, 0) is 43.2 Å². The van der Waals surface area contributed by atoms with Gasteiger partial charge in [0.2, 0.25) is 5.91 Å². The van der Waals surface area contributed by atoms with Crippen molar-refractivity contribution in [3.63, 3.8) is 0 Å². The maximum absolute atomic E-state index is 13.1. The highest BCUT2D eigenvalue weighted by Crippen LogP contribution is 2.28. The molecule has 162 valence electrons. The van der Waals surface area contributed by atoms with Crippen molar-refractivity contribution in [1.82, 2.24) is 14.5 Å². The number of fused-ring (bicyclic) bond motifs is 1. The zero-order chi connectivity index (χ0) is 21.8. The van der Waals surface area contributed by atoms with Gasteiger partial charge in [-0.25, -0.2) is 9.97 Å². The highest BCUT2D eigenvalue weighted by Gasteiger charge is 2.21. The van der Waals surface area contributed by atoms with Gasteiger partial charge >= 0.3 is 0 Å². The summed E-state index contributed by atoms with van der Waals surface area (Å²) in [7, 11) is 1.52. The summed E-state index contributed by atoms with van der Waals surface area (Å²) in [5.41, 5.74) is 0.647. The summed E-state index contributed by atoms with van der Waals surface area (Å²) >= 11 is 7.20. The van der Waals surface area contributed by atoms with Gasteiger partial charge in [0, 0.05) is 17.8 Å². The minimum atomic E-state index is -0.274. The molecule has 1 aliphatic rings. The summed E-state index contributed by atoms with van der Waals surface area (Å²) in [5.74, 6) is 0.280. The fourth-order valence-corrected chi connectivity index (χ4v) is 4.36. The lowest BCUT2D eigenvalue weighted by Gasteiger charge is -2.16. The lowest BCUT2D eigenvalue weighted by molar-refractivity contribution is -0.113. The third kappa shape index (κ3) is 5.00. The fraction of sp³-hybridized carbons (Fsp3) is 0.333. The molecule has 0 unspecified atom stereocenters. The third-order valence-electron chi connectivity index (χ3n) is 4.87. The molecule has 1 atom stereocenters.